The standard InChI is InChI=1S/C35H29N3S/c1-5-13-29-23(9-1)24-10-2-6-14-30(24)37(29)22-17-18-33-28(21-22)27-19-20-36-35(34(27)39-33)38-31-15-7-3-11-25(31)26-12-4-8-16-32(26)38/h1-6,9-14,17-21,23,28-29,33H,7-8,15-16H2. The molecule has 0 saturated carbocycles. The van der Waals surface area contributed by atoms with Crippen molar-refractivity contribution < 1.29 is 0 Å². The van der Waals surface area contributed by atoms with Gasteiger partial charge in [-0.25, -0.2) is 4.98 Å². The zero-order valence-electron chi connectivity index (χ0n) is 21.7. The minimum absolute atomic E-state index is 0.334. The van der Waals surface area contributed by atoms with Crippen LogP contribution in [0.25, 0.3) is 18.0 Å². The number of thioether (sulfide) groups is 1. The lowest BCUT2D eigenvalue weighted by molar-refractivity contribution is 0.719. The quantitative estimate of drug-likeness (QED) is 0.341. The van der Waals surface area contributed by atoms with E-state index in [0.29, 0.717) is 23.1 Å². The number of hydrogen-bond acceptors (Lipinski definition) is 3. The van der Waals surface area contributed by atoms with Gasteiger partial charge >= 0.3 is 0 Å². The van der Waals surface area contributed by atoms with E-state index in [0.717, 1.165) is 31.5 Å². The normalized spacial score (nSPS) is 26.6. The molecule has 0 saturated heterocycles. The topological polar surface area (TPSA) is 21.1 Å². The fourth-order valence-corrected chi connectivity index (χ4v) is 8.98. The summed E-state index contributed by atoms with van der Waals surface area (Å²) in [7, 11) is 0. The second kappa shape index (κ2) is 8.37. The number of pyridine rings is 1. The van der Waals surface area contributed by atoms with Crippen LogP contribution in [0.2, 0.25) is 0 Å². The van der Waals surface area contributed by atoms with Crippen LogP contribution in [0.5, 0.6) is 0 Å². The number of hydrogen-bond donors (Lipinski definition) is 0. The molecule has 3 aromatic rings. The van der Waals surface area contributed by atoms with Gasteiger partial charge in [-0.3, -0.25) is 0 Å². The Morgan fingerprint density at radius 3 is 2.44 bits per heavy atom. The van der Waals surface area contributed by atoms with Gasteiger partial charge in [0.15, 0.2) is 5.82 Å². The van der Waals surface area contributed by atoms with Crippen molar-refractivity contribution in [1.29, 1.82) is 0 Å². The third-order valence-electron chi connectivity index (χ3n) is 9.26. The highest BCUT2D eigenvalue weighted by atomic mass is 32.2. The zero-order valence-corrected chi connectivity index (χ0v) is 22.5. The SMILES string of the molecule is C1=CC2c3ccccc3N(C3=CC4c5ccnc(-n6c7c(c8c6CCC=C8)C=CCC7)c5SC4C=C3)C2C=C1. The van der Waals surface area contributed by atoms with Gasteiger partial charge in [-0.2, -0.15) is 0 Å². The van der Waals surface area contributed by atoms with E-state index in [-0.39, 0.29) is 0 Å². The molecule has 3 nitrogen and oxygen atoms in total. The molecule has 39 heavy (non-hydrogen) atoms. The minimum Gasteiger partial charge on any atom is -0.334 e. The van der Waals surface area contributed by atoms with Gasteiger partial charge in [0, 0.05) is 57.2 Å². The van der Waals surface area contributed by atoms with Crippen LogP contribution in [0.3, 0.4) is 0 Å². The first-order valence-corrected chi connectivity index (χ1v) is 15.1. The smallest absolute Gasteiger partial charge is 0.151 e. The van der Waals surface area contributed by atoms with Gasteiger partial charge < -0.3 is 9.47 Å². The van der Waals surface area contributed by atoms with Crippen LogP contribution < -0.4 is 4.90 Å². The van der Waals surface area contributed by atoms with E-state index in [4.69, 9.17) is 4.98 Å². The molecule has 2 aliphatic heterocycles. The number of anilines is 1. The van der Waals surface area contributed by atoms with Gasteiger partial charge in [0.05, 0.1) is 10.9 Å². The van der Waals surface area contributed by atoms with Crippen LogP contribution in [0.4, 0.5) is 5.69 Å². The number of para-hydroxylation sites is 1. The number of fused-ring (bicyclic) bond motifs is 9. The molecule has 0 radical (unpaired) electrons. The van der Waals surface area contributed by atoms with Crippen molar-refractivity contribution in [2.75, 3.05) is 4.90 Å². The Morgan fingerprint density at radius 1 is 0.795 bits per heavy atom. The molecule has 0 spiro atoms. The van der Waals surface area contributed by atoms with Crippen LogP contribution in [-0.2, 0) is 12.8 Å². The first-order valence-electron chi connectivity index (χ1n) is 14.3. The summed E-state index contributed by atoms with van der Waals surface area (Å²) >= 11 is 2.00. The van der Waals surface area contributed by atoms with Gasteiger partial charge in [-0.15, -0.1) is 11.8 Å². The number of nitrogens with zero attached hydrogens (tertiary/aromatic N) is 3. The molecule has 0 amide bonds. The molecule has 0 bridgehead atoms. The summed E-state index contributed by atoms with van der Waals surface area (Å²) in [4.78, 5) is 8.99. The second-order valence-electron chi connectivity index (χ2n) is 11.3. The van der Waals surface area contributed by atoms with Crippen LogP contribution >= 0.6 is 11.8 Å². The predicted molar refractivity (Wildman–Crippen MR) is 162 cm³/mol. The monoisotopic (exact) mass is 523 g/mol. The molecule has 4 heteroatoms. The highest BCUT2D eigenvalue weighted by Crippen LogP contribution is 2.53. The summed E-state index contributed by atoms with van der Waals surface area (Å²) in [5, 5.41) is 0.407. The van der Waals surface area contributed by atoms with Crippen molar-refractivity contribution in [3.8, 4) is 5.82 Å². The highest BCUT2D eigenvalue weighted by molar-refractivity contribution is 8.00. The van der Waals surface area contributed by atoms with E-state index < -0.39 is 0 Å². The Bertz CT molecular complexity index is 1690. The molecule has 2 aromatic heterocycles. The van der Waals surface area contributed by atoms with Gasteiger partial charge in [0.25, 0.3) is 0 Å². The van der Waals surface area contributed by atoms with Crippen molar-refractivity contribution in [1.82, 2.24) is 9.55 Å². The third kappa shape index (κ3) is 3.09. The number of aromatic nitrogens is 2. The van der Waals surface area contributed by atoms with E-state index in [9.17, 15) is 0 Å². The van der Waals surface area contributed by atoms with Crippen molar-refractivity contribution in [3.63, 3.8) is 0 Å². The largest absolute Gasteiger partial charge is 0.334 e. The fraction of sp³-hybridized carbons (Fsp3) is 0.229. The summed E-state index contributed by atoms with van der Waals surface area (Å²) in [5.41, 5.74) is 11.2. The fourth-order valence-electron chi connectivity index (χ4n) is 7.59. The average Bonchev–Trinajstić information content (AvgIpc) is 3.65. The Morgan fingerprint density at radius 2 is 1.59 bits per heavy atom. The molecule has 0 fully saturated rings. The Labute approximate surface area is 233 Å². The zero-order chi connectivity index (χ0) is 25.5. The van der Waals surface area contributed by atoms with Crippen molar-refractivity contribution in [3.05, 3.63) is 131 Å². The number of rotatable bonds is 2. The lowest BCUT2D eigenvalue weighted by Gasteiger charge is -2.32. The molecular weight excluding hydrogens is 494 g/mol. The molecule has 6 aliphatic rings. The highest BCUT2D eigenvalue weighted by Gasteiger charge is 2.41. The Hall–Kier alpha value is -3.76. The molecule has 4 heterocycles. The number of benzene rings is 1. The van der Waals surface area contributed by atoms with Gasteiger partial charge in [0.2, 0.25) is 0 Å². The first kappa shape index (κ1) is 22.1. The lowest BCUT2D eigenvalue weighted by Crippen LogP contribution is -2.33. The van der Waals surface area contributed by atoms with Gasteiger partial charge in [-0.1, -0.05) is 79.0 Å². The third-order valence-corrected chi connectivity index (χ3v) is 10.6. The summed E-state index contributed by atoms with van der Waals surface area (Å²) in [6, 6.07) is 11.5. The molecule has 190 valence electrons. The molecule has 0 N–H and O–H groups in total. The maximum Gasteiger partial charge on any atom is 0.151 e. The maximum absolute atomic E-state index is 5.07. The van der Waals surface area contributed by atoms with Crippen molar-refractivity contribution in [2.45, 2.75) is 53.7 Å². The predicted octanol–water partition coefficient (Wildman–Crippen LogP) is 7.90. The Kier molecular flexibility index (Phi) is 4.74. The molecular formula is C35H29N3S. The van der Waals surface area contributed by atoms with Crippen LogP contribution in [-0.4, -0.2) is 20.8 Å². The molecule has 4 atom stereocenters. The van der Waals surface area contributed by atoms with Crippen molar-refractivity contribution in [2.24, 2.45) is 0 Å². The average molecular weight is 524 g/mol. The lowest BCUT2D eigenvalue weighted by atomic mass is 9.90. The van der Waals surface area contributed by atoms with E-state index in [1.54, 1.807) is 0 Å². The first-order chi connectivity index (χ1) is 19.4. The van der Waals surface area contributed by atoms with Crippen molar-refractivity contribution >= 4 is 29.6 Å². The van der Waals surface area contributed by atoms with Crippen LogP contribution in [0.15, 0.2) is 102 Å². The molecule has 9 rings (SSSR count). The molecule has 4 unspecified atom stereocenters. The summed E-state index contributed by atoms with van der Waals surface area (Å²) < 4.78 is 2.54. The minimum atomic E-state index is 0.334. The van der Waals surface area contributed by atoms with Gasteiger partial charge in [0.1, 0.15) is 0 Å². The van der Waals surface area contributed by atoms with E-state index in [1.165, 1.54) is 49.9 Å². The van der Waals surface area contributed by atoms with Crippen LogP contribution in [0, 0.1) is 0 Å². The Balaban J connectivity index is 1.16. The number of allylic oxidation sites excluding steroid dienone is 6. The summed E-state index contributed by atoms with van der Waals surface area (Å²) in [6.07, 6.45) is 32.2. The van der Waals surface area contributed by atoms with E-state index >= 15 is 0 Å². The van der Waals surface area contributed by atoms with E-state index in [1.807, 2.05) is 11.8 Å². The molecule has 1 aromatic carbocycles. The van der Waals surface area contributed by atoms with Gasteiger partial charge in [-0.05, 0) is 55.0 Å². The van der Waals surface area contributed by atoms with Crippen LogP contribution in [0.1, 0.15) is 58.3 Å². The summed E-state index contributed by atoms with van der Waals surface area (Å²) in [6.45, 7) is 0. The second-order valence-corrected chi connectivity index (χ2v) is 12.5. The maximum atomic E-state index is 5.07. The van der Waals surface area contributed by atoms with E-state index in [2.05, 4.69) is 113 Å². The molecule has 4 aliphatic carbocycles. The summed E-state index contributed by atoms with van der Waals surface area (Å²) in [5.74, 6) is 1.90.